The van der Waals surface area contributed by atoms with E-state index in [0.29, 0.717) is 0 Å². The molecule has 0 saturated heterocycles. The second-order valence-electron chi connectivity index (χ2n) is 2.16. The number of carbonyl (C=O) groups is 1. The Hall–Kier alpha value is -2.25. The highest BCUT2D eigenvalue weighted by Gasteiger charge is 2.12. The summed E-state index contributed by atoms with van der Waals surface area (Å²) in [6.07, 6.45) is 0. The first kappa shape index (κ1) is 8.84. The molecule has 0 amide bonds. The van der Waals surface area contributed by atoms with Crippen molar-refractivity contribution in [2.24, 2.45) is 16.5 Å². The fourth-order valence-corrected chi connectivity index (χ4v) is 0.712. The number of guanidine groups is 1. The summed E-state index contributed by atoms with van der Waals surface area (Å²) in [5.41, 5.74) is 15.1. The summed E-state index contributed by atoms with van der Waals surface area (Å²) in [7, 11) is 0. The van der Waals surface area contributed by atoms with Crippen LogP contribution >= 0.6 is 0 Å². The van der Waals surface area contributed by atoms with Crippen molar-refractivity contribution in [1.29, 1.82) is 0 Å². The lowest BCUT2D eigenvalue weighted by Crippen LogP contribution is -2.22. The van der Waals surface area contributed by atoms with E-state index < -0.39 is 5.97 Å². The molecule has 0 radical (unpaired) electrons. The number of imidazole rings is 1. The maximum atomic E-state index is 10.5. The third-order valence-corrected chi connectivity index (χ3v) is 1.17. The number of nitrogens with two attached hydrogens (primary N) is 3. The predicted molar refractivity (Wildman–Crippen MR) is 45.4 cm³/mol. The Morgan fingerprint density at radius 3 is 2.54 bits per heavy atom. The number of hydrogen-bond acceptors (Lipinski definition) is 4. The van der Waals surface area contributed by atoms with Gasteiger partial charge in [-0.05, 0) is 0 Å². The van der Waals surface area contributed by atoms with E-state index in [2.05, 4.69) is 15.0 Å². The highest BCUT2D eigenvalue weighted by atomic mass is 16.4. The molecule has 70 valence electrons. The largest absolute Gasteiger partial charge is 0.476 e. The number of aromatic nitrogens is 2. The number of carboxylic acid groups (broad SMARTS) is 1. The highest BCUT2D eigenvalue weighted by Crippen LogP contribution is 2.13. The van der Waals surface area contributed by atoms with E-state index in [1.165, 1.54) is 0 Å². The van der Waals surface area contributed by atoms with Gasteiger partial charge in [0.15, 0.2) is 17.5 Å². The van der Waals surface area contributed by atoms with Crippen molar-refractivity contribution in [3.63, 3.8) is 0 Å². The van der Waals surface area contributed by atoms with E-state index in [9.17, 15) is 4.79 Å². The Bertz CT molecular complexity index is 363. The zero-order valence-electron chi connectivity index (χ0n) is 6.48. The van der Waals surface area contributed by atoms with Gasteiger partial charge in [-0.2, -0.15) is 9.98 Å². The number of nitrogens with zero attached hydrogens (tertiary/aromatic N) is 2. The number of nitrogen functional groups attached to an aromatic ring is 1. The van der Waals surface area contributed by atoms with Gasteiger partial charge in [0.2, 0.25) is 5.95 Å². The second-order valence-corrected chi connectivity index (χ2v) is 2.16. The lowest BCUT2D eigenvalue weighted by molar-refractivity contribution is 0.0692. The monoisotopic (exact) mass is 184 g/mol. The number of H-pyrrole nitrogens is 1. The number of aromatic carboxylic acids is 1. The molecule has 0 aromatic carbocycles. The summed E-state index contributed by atoms with van der Waals surface area (Å²) < 4.78 is 0. The van der Waals surface area contributed by atoms with Crippen LogP contribution in [0, 0.1) is 0 Å². The first-order valence-corrected chi connectivity index (χ1v) is 3.19. The van der Waals surface area contributed by atoms with Crippen LogP contribution in [0.5, 0.6) is 0 Å². The maximum Gasteiger partial charge on any atom is 0.356 e. The molecule has 0 atom stereocenters. The molecule has 0 bridgehead atoms. The molecule has 0 spiro atoms. The fraction of sp³-hybridized carbons (Fsp3) is 0. The van der Waals surface area contributed by atoms with Crippen molar-refractivity contribution in [1.82, 2.24) is 9.97 Å². The first-order valence-electron chi connectivity index (χ1n) is 3.19. The van der Waals surface area contributed by atoms with Gasteiger partial charge < -0.3 is 27.3 Å². The molecule has 0 unspecified atom stereocenters. The summed E-state index contributed by atoms with van der Waals surface area (Å²) in [5, 5.41) is 8.55. The van der Waals surface area contributed by atoms with Crippen LogP contribution in [0.2, 0.25) is 0 Å². The van der Waals surface area contributed by atoms with Crippen molar-refractivity contribution in [3.05, 3.63) is 5.69 Å². The molecular weight excluding hydrogens is 176 g/mol. The molecule has 1 rings (SSSR count). The van der Waals surface area contributed by atoms with Gasteiger partial charge in [-0.1, -0.05) is 0 Å². The average Bonchev–Trinajstić information content (AvgIpc) is 2.29. The highest BCUT2D eigenvalue weighted by molar-refractivity contribution is 5.91. The molecule has 13 heavy (non-hydrogen) atoms. The summed E-state index contributed by atoms with van der Waals surface area (Å²) in [6, 6.07) is 0. The second kappa shape index (κ2) is 3.01. The van der Waals surface area contributed by atoms with Gasteiger partial charge in [-0.25, -0.2) is 4.79 Å². The van der Waals surface area contributed by atoms with Gasteiger partial charge in [0.1, 0.15) is 0 Å². The van der Waals surface area contributed by atoms with Gasteiger partial charge in [-0.15, -0.1) is 0 Å². The molecule has 0 fully saturated rings. The zero-order chi connectivity index (χ0) is 10.0. The summed E-state index contributed by atoms with van der Waals surface area (Å²) in [4.78, 5) is 19.8. The van der Waals surface area contributed by atoms with Crippen LogP contribution < -0.4 is 17.2 Å². The number of aromatic amines is 1. The van der Waals surface area contributed by atoms with Gasteiger partial charge in [0.25, 0.3) is 0 Å². The first-order chi connectivity index (χ1) is 6.00. The number of aliphatic imine (C=N–C) groups is 1. The molecule has 1 aromatic rings. The fourth-order valence-electron chi connectivity index (χ4n) is 0.712. The van der Waals surface area contributed by atoms with Gasteiger partial charge in [0.05, 0.1) is 0 Å². The molecule has 0 aliphatic carbocycles. The van der Waals surface area contributed by atoms with Crippen molar-refractivity contribution in [2.75, 3.05) is 5.73 Å². The van der Waals surface area contributed by atoms with Gasteiger partial charge >= 0.3 is 5.97 Å². The van der Waals surface area contributed by atoms with E-state index in [1.54, 1.807) is 0 Å². The topological polar surface area (TPSA) is 156 Å². The number of carboxylic acids is 1. The van der Waals surface area contributed by atoms with E-state index >= 15 is 0 Å². The average molecular weight is 184 g/mol. The van der Waals surface area contributed by atoms with Crippen molar-refractivity contribution < 1.29 is 9.90 Å². The van der Waals surface area contributed by atoms with Gasteiger partial charge in [0, 0.05) is 0 Å². The number of anilines is 1. The molecule has 8 heteroatoms. The van der Waals surface area contributed by atoms with Crippen LogP contribution in [0.25, 0.3) is 0 Å². The number of hydrogen-bond donors (Lipinski definition) is 5. The quantitative estimate of drug-likeness (QED) is 0.281. The molecule has 1 heterocycles. The summed E-state index contributed by atoms with van der Waals surface area (Å²) in [5.74, 6) is -1.64. The van der Waals surface area contributed by atoms with Crippen LogP contribution in [-0.4, -0.2) is 27.0 Å². The van der Waals surface area contributed by atoms with Crippen molar-refractivity contribution in [3.8, 4) is 0 Å². The lowest BCUT2D eigenvalue weighted by atomic mass is 10.4. The van der Waals surface area contributed by atoms with Crippen LogP contribution in [0.15, 0.2) is 4.99 Å². The van der Waals surface area contributed by atoms with E-state index in [4.69, 9.17) is 22.3 Å². The molecule has 8 nitrogen and oxygen atoms in total. The lowest BCUT2D eigenvalue weighted by Gasteiger charge is -1.87. The normalized spacial score (nSPS) is 9.54. The SMILES string of the molecule is NC(N)=Nc1nc(N)c(C(=O)O)[nH]1. The summed E-state index contributed by atoms with van der Waals surface area (Å²) >= 11 is 0. The van der Waals surface area contributed by atoms with Crippen molar-refractivity contribution >= 4 is 23.7 Å². The standard InChI is InChI=1S/C5H8N6O2/c6-2-1(3(12)13)9-5(10-2)11-4(7)8/h6H2,(H,12,13)(H5,7,8,9,10,11). The molecule has 1 aromatic heterocycles. The van der Waals surface area contributed by atoms with Crippen LogP contribution in [-0.2, 0) is 0 Å². The van der Waals surface area contributed by atoms with E-state index in [0.717, 1.165) is 0 Å². The number of rotatable bonds is 2. The smallest absolute Gasteiger partial charge is 0.356 e. The van der Waals surface area contributed by atoms with Crippen LogP contribution in [0.1, 0.15) is 10.5 Å². The molecule has 0 saturated carbocycles. The third kappa shape index (κ3) is 1.86. The Morgan fingerprint density at radius 1 is 1.54 bits per heavy atom. The maximum absolute atomic E-state index is 10.5. The molecule has 0 aliphatic rings. The Morgan fingerprint density at radius 2 is 2.15 bits per heavy atom. The minimum Gasteiger partial charge on any atom is -0.476 e. The Kier molecular flexibility index (Phi) is 2.05. The zero-order valence-corrected chi connectivity index (χ0v) is 6.48. The Labute approximate surface area is 72.5 Å². The minimum atomic E-state index is -1.22. The van der Waals surface area contributed by atoms with Crippen molar-refractivity contribution in [2.45, 2.75) is 0 Å². The minimum absolute atomic E-state index is 0.0325. The molecule has 0 aliphatic heterocycles. The van der Waals surface area contributed by atoms with Crippen LogP contribution in [0.4, 0.5) is 11.8 Å². The predicted octanol–water partition coefficient (Wildman–Crippen LogP) is -1.41. The summed E-state index contributed by atoms with van der Waals surface area (Å²) in [6.45, 7) is 0. The van der Waals surface area contributed by atoms with E-state index in [-0.39, 0.29) is 23.4 Å². The van der Waals surface area contributed by atoms with E-state index in [1.807, 2.05) is 0 Å². The molecular formula is C5H8N6O2. The van der Waals surface area contributed by atoms with Gasteiger partial charge in [-0.3, -0.25) is 0 Å². The molecule has 8 N–H and O–H groups in total. The third-order valence-electron chi connectivity index (χ3n) is 1.17. The number of nitrogens with one attached hydrogen (secondary N) is 1. The Balaban J connectivity index is 3.09. The van der Waals surface area contributed by atoms with Crippen LogP contribution in [0.3, 0.4) is 0 Å².